The van der Waals surface area contributed by atoms with Crippen molar-refractivity contribution in [3.05, 3.63) is 0 Å². The molecular weight excluding hydrogens is 506 g/mol. The Balaban J connectivity index is 5.61. The number of rotatable bonds is 31. The molecule has 0 spiro atoms. The third-order valence-corrected chi connectivity index (χ3v) is 10.2. The van der Waals surface area contributed by atoms with Crippen LogP contribution in [0.4, 0.5) is 0 Å². The number of hydrogen-bond acceptors (Lipinski definition) is 4. The van der Waals surface area contributed by atoms with Crippen molar-refractivity contribution in [2.45, 2.75) is 164 Å². The minimum atomic E-state index is -0.435. The van der Waals surface area contributed by atoms with E-state index >= 15 is 0 Å². The Morgan fingerprint density at radius 3 is 1.07 bits per heavy atom. The van der Waals surface area contributed by atoms with Gasteiger partial charge in [0.15, 0.2) is 9.76 Å². The first-order chi connectivity index (χ1) is 19.5. The van der Waals surface area contributed by atoms with Crippen molar-refractivity contribution in [3.8, 4) is 0 Å². The van der Waals surface area contributed by atoms with Crippen LogP contribution in [0.3, 0.4) is 0 Å². The lowest BCUT2D eigenvalue weighted by atomic mass is 9.73. The quantitative estimate of drug-likeness (QED) is 0.0600. The van der Waals surface area contributed by atoms with E-state index in [1.54, 1.807) is 0 Å². The van der Waals surface area contributed by atoms with Crippen molar-refractivity contribution < 1.29 is 4.43 Å². The summed E-state index contributed by atoms with van der Waals surface area (Å²) < 4.78 is 6.47. The van der Waals surface area contributed by atoms with Gasteiger partial charge in [0.1, 0.15) is 0 Å². The van der Waals surface area contributed by atoms with E-state index < -0.39 is 9.76 Å². The first kappa shape index (κ1) is 40.1. The summed E-state index contributed by atoms with van der Waals surface area (Å²) in [5.74, 6) is 0. The van der Waals surface area contributed by atoms with Gasteiger partial charge in [-0.05, 0) is 167 Å². The third-order valence-electron chi connectivity index (χ3n) is 8.90. The van der Waals surface area contributed by atoms with Crippen LogP contribution >= 0.6 is 0 Å². The molecule has 0 aliphatic heterocycles. The Bertz CT molecular complexity index is 444. The lowest BCUT2D eigenvalue weighted by Gasteiger charge is -2.37. The minimum Gasteiger partial charge on any atom is -0.421 e. The van der Waals surface area contributed by atoms with Gasteiger partial charge in [-0.1, -0.05) is 55.4 Å². The van der Waals surface area contributed by atoms with Crippen LogP contribution in [0, 0.1) is 5.41 Å². The molecule has 0 saturated heterocycles. The van der Waals surface area contributed by atoms with Gasteiger partial charge in [0.25, 0.3) is 0 Å². The van der Waals surface area contributed by atoms with Crippen LogP contribution in [0.1, 0.15) is 152 Å². The fraction of sp³-hybridized carbons (Fsp3) is 1.00. The van der Waals surface area contributed by atoms with E-state index in [1.165, 1.54) is 161 Å². The second kappa shape index (κ2) is 27.9. The maximum atomic E-state index is 6.47. The molecule has 0 bridgehead atoms. The van der Waals surface area contributed by atoms with Crippen LogP contribution in [0.2, 0.25) is 6.04 Å². The van der Waals surface area contributed by atoms with Gasteiger partial charge in [0, 0.05) is 6.10 Å². The average molecular weight is 584 g/mol. The van der Waals surface area contributed by atoms with Crippen molar-refractivity contribution >= 4 is 9.76 Å². The van der Waals surface area contributed by atoms with Crippen LogP contribution in [0.25, 0.3) is 0 Å². The topological polar surface area (TPSA) is 19.0 Å². The second-order valence-electron chi connectivity index (χ2n) is 12.7. The van der Waals surface area contributed by atoms with Gasteiger partial charge < -0.3 is 19.1 Å². The van der Waals surface area contributed by atoms with Crippen molar-refractivity contribution in [2.24, 2.45) is 5.41 Å². The molecule has 0 amide bonds. The first-order valence-corrected chi connectivity index (χ1v) is 19.8. The Labute approximate surface area is 256 Å². The van der Waals surface area contributed by atoms with Crippen LogP contribution < -0.4 is 0 Å². The van der Waals surface area contributed by atoms with Gasteiger partial charge in [-0.25, -0.2) is 0 Å². The fourth-order valence-electron chi connectivity index (χ4n) is 6.91. The smallest absolute Gasteiger partial charge is 0.161 e. The van der Waals surface area contributed by atoms with E-state index in [1.807, 2.05) is 0 Å². The summed E-state index contributed by atoms with van der Waals surface area (Å²) in [6, 6.07) is 1.37. The maximum absolute atomic E-state index is 6.47. The highest BCUT2D eigenvalue weighted by molar-refractivity contribution is 6.27. The Hall–Kier alpha value is 0.0569. The molecule has 0 fully saturated rings. The molecule has 5 heteroatoms. The Morgan fingerprint density at radius 1 is 0.475 bits per heavy atom. The molecule has 4 nitrogen and oxygen atoms in total. The predicted molar refractivity (Wildman–Crippen MR) is 185 cm³/mol. The van der Waals surface area contributed by atoms with Gasteiger partial charge in [-0.15, -0.1) is 0 Å². The van der Waals surface area contributed by atoms with Crippen molar-refractivity contribution in [1.29, 1.82) is 0 Å². The summed E-state index contributed by atoms with van der Waals surface area (Å²) in [4.78, 5) is 8.22. The summed E-state index contributed by atoms with van der Waals surface area (Å²) in [6.45, 7) is 30.1. The predicted octanol–water partition coefficient (Wildman–Crippen LogP) is 8.78. The monoisotopic (exact) mass is 584 g/mol. The van der Waals surface area contributed by atoms with E-state index in [-0.39, 0.29) is 0 Å². The molecular formula is C35H77N3OSi. The molecule has 0 heterocycles. The molecule has 0 aromatic rings. The SMILES string of the molecule is CCCN(CCC)CCCC(CCCN(CCC)CCC)(CCCN(CCC)CCC)CC[SiH2]OC(CC)CC. The van der Waals surface area contributed by atoms with Gasteiger partial charge >= 0.3 is 0 Å². The number of nitrogens with zero attached hydrogens (tertiary/aromatic N) is 3. The summed E-state index contributed by atoms with van der Waals surface area (Å²) in [6.07, 6.45) is 20.3. The molecule has 0 aromatic carbocycles. The van der Waals surface area contributed by atoms with Crippen LogP contribution in [0.5, 0.6) is 0 Å². The fourth-order valence-corrected chi connectivity index (χ4v) is 8.77. The van der Waals surface area contributed by atoms with E-state index in [4.69, 9.17) is 4.43 Å². The molecule has 0 unspecified atom stereocenters. The van der Waals surface area contributed by atoms with E-state index in [9.17, 15) is 0 Å². The lowest BCUT2D eigenvalue weighted by molar-refractivity contribution is 0.148. The van der Waals surface area contributed by atoms with Gasteiger partial charge in [0.05, 0.1) is 0 Å². The molecule has 0 atom stereocenters. The lowest BCUT2D eigenvalue weighted by Crippen LogP contribution is -2.32. The molecule has 242 valence electrons. The third kappa shape index (κ3) is 20.0. The van der Waals surface area contributed by atoms with E-state index in [2.05, 4.69) is 70.1 Å². The molecule has 0 aromatic heterocycles. The highest BCUT2D eigenvalue weighted by Gasteiger charge is 2.29. The van der Waals surface area contributed by atoms with Crippen molar-refractivity contribution in [1.82, 2.24) is 14.7 Å². The summed E-state index contributed by atoms with van der Waals surface area (Å²) in [5.41, 5.74) is 0.503. The summed E-state index contributed by atoms with van der Waals surface area (Å²) >= 11 is 0. The zero-order valence-electron chi connectivity index (χ0n) is 29.2. The highest BCUT2D eigenvalue weighted by atomic mass is 28.2. The zero-order valence-corrected chi connectivity index (χ0v) is 30.6. The number of hydrogen-bond donors (Lipinski definition) is 0. The standard InChI is InChI=1S/C35H77N3OSi/c1-9-24-36(25-10-2)30-17-20-35(23-33-40-39-34(15-7)16-8,21-18-31-37(26-11-3)27-12-4)22-19-32-38(28-13-5)29-14-6/h34H,9-33,40H2,1-8H3. The second-order valence-corrected chi connectivity index (χ2v) is 14.2. The normalized spacial score (nSPS) is 12.9. The molecule has 0 N–H and O–H groups in total. The van der Waals surface area contributed by atoms with Gasteiger partial charge in [-0.2, -0.15) is 0 Å². The summed E-state index contributed by atoms with van der Waals surface area (Å²) in [7, 11) is -0.435. The van der Waals surface area contributed by atoms with E-state index in [0.717, 1.165) is 0 Å². The van der Waals surface area contributed by atoms with Crippen molar-refractivity contribution in [3.63, 3.8) is 0 Å². The molecule has 0 radical (unpaired) electrons. The summed E-state index contributed by atoms with van der Waals surface area (Å²) in [5, 5.41) is 0. The van der Waals surface area contributed by atoms with Crippen LogP contribution in [-0.4, -0.2) is 89.5 Å². The maximum Gasteiger partial charge on any atom is 0.161 e. The molecule has 0 saturated carbocycles. The van der Waals surface area contributed by atoms with E-state index in [0.29, 0.717) is 11.5 Å². The first-order valence-electron chi connectivity index (χ1n) is 18.3. The van der Waals surface area contributed by atoms with Gasteiger partial charge in [0.2, 0.25) is 0 Å². The molecule has 40 heavy (non-hydrogen) atoms. The minimum absolute atomic E-state index is 0.435. The van der Waals surface area contributed by atoms with Crippen LogP contribution in [-0.2, 0) is 4.43 Å². The molecule has 0 rings (SSSR count). The average Bonchev–Trinajstić information content (AvgIpc) is 2.94. The zero-order chi connectivity index (χ0) is 29.9. The molecule has 0 aliphatic carbocycles. The van der Waals surface area contributed by atoms with Gasteiger partial charge in [-0.3, -0.25) is 0 Å². The van der Waals surface area contributed by atoms with Crippen molar-refractivity contribution in [2.75, 3.05) is 58.9 Å². The Kier molecular flexibility index (Phi) is 27.9. The van der Waals surface area contributed by atoms with Crippen LogP contribution in [0.15, 0.2) is 0 Å². The highest BCUT2D eigenvalue weighted by Crippen LogP contribution is 2.40. The largest absolute Gasteiger partial charge is 0.421 e. The molecule has 0 aliphatic rings. The Morgan fingerprint density at radius 2 is 0.800 bits per heavy atom.